The SMILES string of the molecule is CCCCOC(=O)C1=NC(C(=O)OCCCC)N(N)C(C(=O)OCCCC)=N1. The number of unbranched alkanes of at least 4 members (excludes halogenated alkanes) is 3. The highest BCUT2D eigenvalue weighted by atomic mass is 16.5. The number of nitrogens with two attached hydrogens (primary N) is 1. The van der Waals surface area contributed by atoms with Crippen molar-refractivity contribution in [1.82, 2.24) is 5.01 Å². The summed E-state index contributed by atoms with van der Waals surface area (Å²) >= 11 is 0. The first-order valence-corrected chi connectivity index (χ1v) is 9.67. The van der Waals surface area contributed by atoms with Gasteiger partial charge in [-0.15, -0.1) is 0 Å². The number of hydrogen-bond acceptors (Lipinski definition) is 10. The molecule has 0 aromatic rings. The quantitative estimate of drug-likeness (QED) is 0.225. The van der Waals surface area contributed by atoms with Gasteiger partial charge in [0.05, 0.1) is 19.8 Å². The summed E-state index contributed by atoms with van der Waals surface area (Å²) in [7, 11) is 0. The van der Waals surface area contributed by atoms with Gasteiger partial charge in [-0.05, 0) is 19.3 Å². The zero-order valence-corrected chi connectivity index (χ0v) is 16.8. The Labute approximate surface area is 165 Å². The zero-order valence-electron chi connectivity index (χ0n) is 16.8. The number of esters is 3. The first kappa shape index (κ1) is 23.5. The second-order valence-corrected chi connectivity index (χ2v) is 6.17. The fourth-order valence-corrected chi connectivity index (χ4v) is 2.04. The van der Waals surface area contributed by atoms with Gasteiger partial charge in [-0.2, -0.15) is 4.99 Å². The van der Waals surface area contributed by atoms with Crippen LogP contribution in [0.25, 0.3) is 0 Å². The Bertz CT molecular complexity index is 605. The van der Waals surface area contributed by atoms with E-state index in [0.717, 1.165) is 24.3 Å². The lowest BCUT2D eigenvalue weighted by Gasteiger charge is -2.27. The summed E-state index contributed by atoms with van der Waals surface area (Å²) in [6, 6.07) is 0. The minimum absolute atomic E-state index is 0.168. The summed E-state index contributed by atoms with van der Waals surface area (Å²) in [4.78, 5) is 44.6. The molecule has 1 aliphatic rings. The highest BCUT2D eigenvalue weighted by Crippen LogP contribution is 2.11. The molecule has 28 heavy (non-hydrogen) atoms. The van der Waals surface area contributed by atoms with Crippen molar-refractivity contribution in [2.45, 2.75) is 65.5 Å². The molecule has 1 rings (SSSR count). The number of nitrogens with zero attached hydrogens (tertiary/aromatic N) is 3. The van der Waals surface area contributed by atoms with Gasteiger partial charge >= 0.3 is 17.9 Å². The molecule has 2 N–H and O–H groups in total. The molecule has 0 spiro atoms. The highest BCUT2D eigenvalue weighted by Gasteiger charge is 2.37. The molecule has 0 aromatic carbocycles. The monoisotopic (exact) mass is 398 g/mol. The van der Waals surface area contributed by atoms with E-state index in [2.05, 4.69) is 9.98 Å². The summed E-state index contributed by atoms with van der Waals surface area (Å²) in [5, 5.41) is 0.755. The lowest BCUT2D eigenvalue weighted by atomic mass is 10.3. The third-order valence-electron chi connectivity index (χ3n) is 3.74. The third-order valence-corrected chi connectivity index (χ3v) is 3.74. The second-order valence-electron chi connectivity index (χ2n) is 6.17. The van der Waals surface area contributed by atoms with E-state index in [-0.39, 0.29) is 19.8 Å². The van der Waals surface area contributed by atoms with Crippen molar-refractivity contribution in [1.29, 1.82) is 0 Å². The van der Waals surface area contributed by atoms with Crippen molar-refractivity contribution in [3.63, 3.8) is 0 Å². The number of hydrazine groups is 1. The molecule has 0 aliphatic carbocycles. The van der Waals surface area contributed by atoms with Crippen molar-refractivity contribution < 1.29 is 28.6 Å². The molecule has 0 aromatic heterocycles. The topological polar surface area (TPSA) is 133 Å². The van der Waals surface area contributed by atoms with E-state index in [1.54, 1.807) is 0 Å². The standard InChI is InChI=1S/C18H30N4O6/c1-4-7-10-26-16(23)13-20-14(17(24)27-11-8-5-2)22(19)15(21-13)18(25)28-12-9-6-3/h14H,4-12,19H2,1-3H3. The molecule has 1 unspecified atom stereocenters. The zero-order chi connectivity index (χ0) is 20.9. The molecule has 10 heteroatoms. The molecule has 0 amide bonds. The van der Waals surface area contributed by atoms with Crippen LogP contribution < -0.4 is 5.84 Å². The molecule has 0 saturated carbocycles. The maximum atomic E-state index is 12.3. The summed E-state index contributed by atoms with van der Waals surface area (Å²) < 4.78 is 15.3. The molecule has 0 saturated heterocycles. The lowest BCUT2D eigenvalue weighted by molar-refractivity contribution is -0.148. The Morgan fingerprint density at radius 2 is 1.39 bits per heavy atom. The smallest absolute Gasteiger partial charge is 0.376 e. The van der Waals surface area contributed by atoms with Crippen molar-refractivity contribution in [3.05, 3.63) is 0 Å². The number of aliphatic imine (C=N–C) groups is 2. The number of hydrogen-bond donors (Lipinski definition) is 1. The van der Waals surface area contributed by atoms with Crippen LogP contribution in [0.2, 0.25) is 0 Å². The van der Waals surface area contributed by atoms with Crippen LogP contribution in [0, 0.1) is 0 Å². The van der Waals surface area contributed by atoms with Crippen LogP contribution in [-0.2, 0) is 28.6 Å². The molecule has 158 valence electrons. The summed E-state index contributed by atoms with van der Waals surface area (Å²) in [6.07, 6.45) is 3.07. The molecule has 0 bridgehead atoms. The Morgan fingerprint density at radius 1 is 0.893 bits per heavy atom. The van der Waals surface area contributed by atoms with Crippen molar-refractivity contribution in [2.75, 3.05) is 19.8 Å². The Kier molecular flexibility index (Phi) is 10.8. The predicted octanol–water partition coefficient (Wildman–Crippen LogP) is 1.33. The molecule has 1 heterocycles. The fraction of sp³-hybridized carbons (Fsp3) is 0.722. The van der Waals surface area contributed by atoms with Crippen LogP contribution in [-0.4, -0.2) is 60.6 Å². The maximum absolute atomic E-state index is 12.3. The summed E-state index contributed by atoms with van der Waals surface area (Å²) in [5.41, 5.74) is 0. The van der Waals surface area contributed by atoms with Gasteiger partial charge in [0.15, 0.2) is 0 Å². The Morgan fingerprint density at radius 3 is 1.93 bits per heavy atom. The molecule has 1 aliphatic heterocycles. The van der Waals surface area contributed by atoms with E-state index in [4.69, 9.17) is 20.1 Å². The molecule has 0 radical (unpaired) electrons. The van der Waals surface area contributed by atoms with E-state index in [0.29, 0.717) is 19.3 Å². The summed E-state index contributed by atoms with van der Waals surface area (Å²) in [5.74, 6) is 2.56. The van der Waals surface area contributed by atoms with Crippen molar-refractivity contribution >= 4 is 29.6 Å². The van der Waals surface area contributed by atoms with E-state index in [1.807, 2.05) is 20.8 Å². The normalized spacial score (nSPS) is 16.1. The predicted molar refractivity (Wildman–Crippen MR) is 102 cm³/mol. The van der Waals surface area contributed by atoms with Crippen LogP contribution in [0.1, 0.15) is 59.3 Å². The van der Waals surface area contributed by atoms with E-state index < -0.39 is 35.7 Å². The third kappa shape index (κ3) is 7.26. The first-order valence-electron chi connectivity index (χ1n) is 9.67. The molecule has 0 fully saturated rings. The molecular formula is C18H30N4O6. The van der Waals surface area contributed by atoms with Gasteiger partial charge in [-0.3, -0.25) is 5.01 Å². The van der Waals surface area contributed by atoms with Gasteiger partial charge in [0.25, 0.3) is 0 Å². The highest BCUT2D eigenvalue weighted by molar-refractivity contribution is 6.45. The average Bonchev–Trinajstić information content (AvgIpc) is 2.68. The lowest BCUT2D eigenvalue weighted by Crippen LogP contribution is -2.55. The van der Waals surface area contributed by atoms with Crippen LogP contribution >= 0.6 is 0 Å². The number of amidine groups is 2. The van der Waals surface area contributed by atoms with Gasteiger partial charge in [-0.1, -0.05) is 40.0 Å². The number of ether oxygens (including phenoxy) is 3. The number of carbonyl (C=O) groups excluding carboxylic acids is 3. The molecular weight excluding hydrogens is 368 g/mol. The van der Waals surface area contributed by atoms with Crippen LogP contribution in [0.15, 0.2) is 9.98 Å². The number of carbonyl (C=O) groups is 3. The van der Waals surface area contributed by atoms with Crippen LogP contribution in [0.3, 0.4) is 0 Å². The van der Waals surface area contributed by atoms with E-state index >= 15 is 0 Å². The average molecular weight is 398 g/mol. The second kappa shape index (κ2) is 12.8. The van der Waals surface area contributed by atoms with Gasteiger partial charge in [0, 0.05) is 0 Å². The summed E-state index contributed by atoms with van der Waals surface area (Å²) in [6.45, 7) is 6.37. The number of rotatable bonds is 12. The fourth-order valence-electron chi connectivity index (χ4n) is 2.04. The van der Waals surface area contributed by atoms with Gasteiger partial charge in [0.1, 0.15) is 0 Å². The van der Waals surface area contributed by atoms with Crippen LogP contribution in [0.4, 0.5) is 0 Å². The minimum Gasteiger partial charge on any atom is -0.463 e. The van der Waals surface area contributed by atoms with Gasteiger partial charge < -0.3 is 14.2 Å². The van der Waals surface area contributed by atoms with E-state index in [1.165, 1.54) is 0 Å². The maximum Gasteiger partial charge on any atom is 0.376 e. The first-order chi connectivity index (χ1) is 13.5. The van der Waals surface area contributed by atoms with Gasteiger partial charge in [0.2, 0.25) is 17.8 Å². The van der Waals surface area contributed by atoms with Crippen molar-refractivity contribution in [2.24, 2.45) is 15.8 Å². The Hall–Kier alpha value is -2.49. The molecule has 1 atom stereocenters. The minimum atomic E-state index is -1.42. The van der Waals surface area contributed by atoms with Crippen LogP contribution in [0.5, 0.6) is 0 Å². The van der Waals surface area contributed by atoms with Crippen molar-refractivity contribution in [3.8, 4) is 0 Å². The Balaban J connectivity index is 2.99. The van der Waals surface area contributed by atoms with E-state index in [9.17, 15) is 14.4 Å². The largest absolute Gasteiger partial charge is 0.463 e. The van der Waals surface area contributed by atoms with Gasteiger partial charge in [-0.25, -0.2) is 25.2 Å². The molecule has 10 nitrogen and oxygen atoms in total.